The first-order valence-corrected chi connectivity index (χ1v) is 5.26. The van der Waals surface area contributed by atoms with Crippen LogP contribution in [-0.4, -0.2) is 31.3 Å². The molecule has 0 radical (unpaired) electrons. The average molecular weight is 205 g/mol. The maximum absolute atomic E-state index is 11.8. The van der Waals surface area contributed by atoms with Crippen molar-refractivity contribution in [3.8, 4) is 0 Å². The molecule has 82 valence electrons. The summed E-state index contributed by atoms with van der Waals surface area (Å²) in [6.45, 7) is 4.91. The van der Waals surface area contributed by atoms with Gasteiger partial charge in [-0.2, -0.15) is 0 Å². The van der Waals surface area contributed by atoms with E-state index in [1.54, 1.807) is 0 Å². The van der Waals surface area contributed by atoms with Gasteiger partial charge in [-0.3, -0.25) is 4.79 Å². The summed E-state index contributed by atoms with van der Waals surface area (Å²) in [7, 11) is 3.96. The number of aryl methyl sites for hydroxylation is 2. The van der Waals surface area contributed by atoms with Crippen LogP contribution in [0.25, 0.3) is 0 Å². The molecule has 0 aliphatic heterocycles. The van der Waals surface area contributed by atoms with Gasteiger partial charge in [0, 0.05) is 18.5 Å². The topological polar surface area (TPSA) is 20.3 Å². The molecule has 0 N–H and O–H groups in total. The van der Waals surface area contributed by atoms with Crippen molar-refractivity contribution in [2.45, 2.75) is 20.3 Å². The quantitative estimate of drug-likeness (QED) is 0.704. The Morgan fingerprint density at radius 1 is 1.20 bits per heavy atom. The van der Waals surface area contributed by atoms with Crippen LogP contribution in [0.1, 0.15) is 27.9 Å². The summed E-state index contributed by atoms with van der Waals surface area (Å²) in [6, 6.07) is 5.91. The minimum absolute atomic E-state index is 0.229. The highest BCUT2D eigenvalue weighted by atomic mass is 16.1. The molecule has 0 aliphatic rings. The first kappa shape index (κ1) is 11.9. The van der Waals surface area contributed by atoms with Gasteiger partial charge in [0.15, 0.2) is 5.78 Å². The molecular formula is C13H19NO. The van der Waals surface area contributed by atoms with Crippen LogP contribution in [0.5, 0.6) is 0 Å². The average Bonchev–Trinajstić information content (AvgIpc) is 2.18. The van der Waals surface area contributed by atoms with Crippen LogP contribution in [-0.2, 0) is 0 Å². The van der Waals surface area contributed by atoms with Gasteiger partial charge in [0.25, 0.3) is 0 Å². The third-order valence-electron chi connectivity index (χ3n) is 2.61. The summed E-state index contributed by atoms with van der Waals surface area (Å²) in [5, 5.41) is 0. The number of carbonyl (C=O) groups excluding carboxylic acids is 1. The smallest absolute Gasteiger partial charge is 0.164 e. The van der Waals surface area contributed by atoms with Gasteiger partial charge in [-0.05, 0) is 45.1 Å². The largest absolute Gasteiger partial charge is 0.309 e. The molecule has 1 aromatic carbocycles. The molecule has 15 heavy (non-hydrogen) atoms. The number of nitrogens with zero attached hydrogens (tertiary/aromatic N) is 1. The van der Waals surface area contributed by atoms with E-state index in [1.165, 1.54) is 11.1 Å². The maximum atomic E-state index is 11.8. The van der Waals surface area contributed by atoms with Crippen molar-refractivity contribution < 1.29 is 4.79 Å². The number of Topliss-reactive ketones (excluding diaryl/α,β-unsaturated/α-hetero) is 1. The highest BCUT2D eigenvalue weighted by Crippen LogP contribution is 2.11. The molecule has 0 bridgehead atoms. The Morgan fingerprint density at radius 3 is 2.40 bits per heavy atom. The van der Waals surface area contributed by atoms with Gasteiger partial charge < -0.3 is 4.90 Å². The third kappa shape index (κ3) is 3.48. The Kier molecular flexibility index (Phi) is 4.04. The molecular weight excluding hydrogens is 186 g/mol. The van der Waals surface area contributed by atoms with E-state index in [1.807, 2.05) is 44.1 Å². The summed E-state index contributed by atoms with van der Waals surface area (Å²) in [4.78, 5) is 13.8. The number of carbonyl (C=O) groups is 1. The molecule has 0 aliphatic carbocycles. The zero-order valence-electron chi connectivity index (χ0n) is 10.0. The van der Waals surface area contributed by atoms with Crippen LogP contribution in [0.15, 0.2) is 18.2 Å². The van der Waals surface area contributed by atoms with E-state index in [4.69, 9.17) is 0 Å². The van der Waals surface area contributed by atoms with Gasteiger partial charge in [0.05, 0.1) is 0 Å². The number of hydrogen-bond donors (Lipinski definition) is 0. The predicted molar refractivity (Wildman–Crippen MR) is 63.4 cm³/mol. The van der Waals surface area contributed by atoms with Crippen LogP contribution in [0, 0.1) is 13.8 Å². The van der Waals surface area contributed by atoms with Crippen molar-refractivity contribution in [2.75, 3.05) is 20.6 Å². The van der Waals surface area contributed by atoms with Crippen molar-refractivity contribution in [3.05, 3.63) is 34.9 Å². The molecule has 0 saturated heterocycles. The molecule has 0 fully saturated rings. The number of benzene rings is 1. The lowest BCUT2D eigenvalue weighted by Crippen LogP contribution is -2.16. The van der Waals surface area contributed by atoms with Gasteiger partial charge >= 0.3 is 0 Å². The zero-order chi connectivity index (χ0) is 11.4. The fourth-order valence-electron chi connectivity index (χ4n) is 1.38. The van der Waals surface area contributed by atoms with Crippen molar-refractivity contribution in [1.82, 2.24) is 4.90 Å². The first-order valence-electron chi connectivity index (χ1n) is 5.26. The first-order chi connectivity index (χ1) is 7.00. The van der Waals surface area contributed by atoms with Crippen molar-refractivity contribution >= 4 is 5.78 Å². The maximum Gasteiger partial charge on any atom is 0.164 e. The lowest BCUT2D eigenvalue weighted by Gasteiger charge is -2.09. The Labute approximate surface area is 91.9 Å². The third-order valence-corrected chi connectivity index (χ3v) is 2.61. The van der Waals surface area contributed by atoms with Crippen LogP contribution in [0.4, 0.5) is 0 Å². The highest BCUT2D eigenvalue weighted by Gasteiger charge is 2.06. The normalized spacial score (nSPS) is 10.7. The van der Waals surface area contributed by atoms with Crippen molar-refractivity contribution in [3.63, 3.8) is 0 Å². The second-order valence-corrected chi connectivity index (χ2v) is 4.28. The van der Waals surface area contributed by atoms with Crippen molar-refractivity contribution in [1.29, 1.82) is 0 Å². The highest BCUT2D eigenvalue weighted by molar-refractivity contribution is 5.96. The molecule has 1 aromatic rings. The zero-order valence-corrected chi connectivity index (χ0v) is 10.0. The molecule has 0 atom stereocenters. The van der Waals surface area contributed by atoms with E-state index < -0.39 is 0 Å². The van der Waals surface area contributed by atoms with Crippen LogP contribution in [0.3, 0.4) is 0 Å². The second-order valence-electron chi connectivity index (χ2n) is 4.28. The summed E-state index contributed by atoms with van der Waals surface area (Å²) in [6.07, 6.45) is 0.593. The van der Waals surface area contributed by atoms with Crippen molar-refractivity contribution in [2.24, 2.45) is 0 Å². The minimum atomic E-state index is 0.229. The Morgan fingerprint density at radius 2 is 1.87 bits per heavy atom. The van der Waals surface area contributed by atoms with Gasteiger partial charge in [-0.25, -0.2) is 0 Å². The fraction of sp³-hybridized carbons (Fsp3) is 0.462. The molecule has 2 nitrogen and oxygen atoms in total. The lowest BCUT2D eigenvalue weighted by molar-refractivity contribution is 0.0972. The monoisotopic (exact) mass is 205 g/mol. The van der Waals surface area contributed by atoms with Gasteiger partial charge in [-0.15, -0.1) is 0 Å². The van der Waals surface area contributed by atoms with E-state index in [0.29, 0.717) is 6.42 Å². The Balaban J connectivity index is 2.70. The van der Waals surface area contributed by atoms with Crippen LogP contribution in [0.2, 0.25) is 0 Å². The fourth-order valence-corrected chi connectivity index (χ4v) is 1.38. The number of ketones is 1. The van der Waals surface area contributed by atoms with Crippen LogP contribution >= 0.6 is 0 Å². The SMILES string of the molecule is Cc1ccc(C(=O)CCN(C)C)cc1C. The summed E-state index contributed by atoms with van der Waals surface area (Å²) < 4.78 is 0. The molecule has 0 amide bonds. The standard InChI is InChI=1S/C13H19NO/c1-10-5-6-12(9-11(10)2)13(15)7-8-14(3)4/h5-6,9H,7-8H2,1-4H3. The molecule has 0 unspecified atom stereocenters. The molecule has 2 heteroatoms. The second kappa shape index (κ2) is 5.08. The lowest BCUT2D eigenvalue weighted by atomic mass is 10.0. The van der Waals surface area contributed by atoms with E-state index in [2.05, 4.69) is 6.92 Å². The van der Waals surface area contributed by atoms with Crippen LogP contribution < -0.4 is 0 Å². The van der Waals surface area contributed by atoms with E-state index >= 15 is 0 Å². The summed E-state index contributed by atoms with van der Waals surface area (Å²) in [5.74, 6) is 0.229. The molecule has 0 heterocycles. The molecule has 0 aromatic heterocycles. The predicted octanol–water partition coefficient (Wildman–Crippen LogP) is 2.44. The minimum Gasteiger partial charge on any atom is -0.309 e. The van der Waals surface area contributed by atoms with Gasteiger partial charge in [0.1, 0.15) is 0 Å². The number of hydrogen-bond acceptors (Lipinski definition) is 2. The summed E-state index contributed by atoms with van der Waals surface area (Å²) in [5.41, 5.74) is 3.25. The van der Waals surface area contributed by atoms with E-state index in [9.17, 15) is 4.79 Å². The van der Waals surface area contributed by atoms with Gasteiger partial charge in [-0.1, -0.05) is 12.1 Å². The Bertz CT molecular complexity index is 356. The van der Waals surface area contributed by atoms with E-state index in [-0.39, 0.29) is 5.78 Å². The molecule has 0 saturated carbocycles. The number of rotatable bonds is 4. The molecule has 0 spiro atoms. The summed E-state index contributed by atoms with van der Waals surface area (Å²) >= 11 is 0. The molecule has 1 rings (SSSR count). The van der Waals surface area contributed by atoms with E-state index in [0.717, 1.165) is 12.1 Å². The van der Waals surface area contributed by atoms with Gasteiger partial charge in [0.2, 0.25) is 0 Å². The Hall–Kier alpha value is -1.15.